The zero-order valence-electron chi connectivity index (χ0n) is 11.2. The molecule has 4 heteroatoms. The van der Waals surface area contributed by atoms with E-state index in [1.54, 1.807) is 13.3 Å². The predicted octanol–water partition coefficient (Wildman–Crippen LogP) is 2.29. The SMILES string of the molecule is COCC1CCN(c2ccc(N)c3ccncc23)C1. The molecular weight excluding hydrogens is 238 g/mol. The molecule has 1 aliphatic rings. The van der Waals surface area contributed by atoms with E-state index in [-0.39, 0.29) is 0 Å². The summed E-state index contributed by atoms with van der Waals surface area (Å²) in [6.07, 6.45) is 4.88. The first kappa shape index (κ1) is 12.2. The van der Waals surface area contributed by atoms with Crippen LogP contribution in [0.2, 0.25) is 0 Å². The summed E-state index contributed by atoms with van der Waals surface area (Å²) in [6.45, 7) is 2.95. The van der Waals surface area contributed by atoms with Crippen LogP contribution in [0.5, 0.6) is 0 Å². The number of nitrogens with zero attached hydrogens (tertiary/aromatic N) is 2. The summed E-state index contributed by atoms with van der Waals surface area (Å²) in [7, 11) is 1.77. The number of hydrogen-bond donors (Lipinski definition) is 1. The van der Waals surface area contributed by atoms with Crippen LogP contribution in [0.25, 0.3) is 10.8 Å². The average Bonchev–Trinajstić information content (AvgIpc) is 2.88. The van der Waals surface area contributed by atoms with Crippen molar-refractivity contribution < 1.29 is 4.74 Å². The molecule has 1 unspecified atom stereocenters. The lowest BCUT2D eigenvalue weighted by Gasteiger charge is -2.21. The van der Waals surface area contributed by atoms with Crippen molar-refractivity contribution in [2.24, 2.45) is 5.92 Å². The molecule has 1 aromatic heterocycles. The second kappa shape index (κ2) is 5.05. The number of ether oxygens (including phenoxy) is 1. The number of pyridine rings is 1. The Kier molecular flexibility index (Phi) is 3.25. The Morgan fingerprint density at radius 2 is 2.26 bits per heavy atom. The Balaban J connectivity index is 1.96. The molecule has 100 valence electrons. The molecule has 0 amide bonds. The maximum Gasteiger partial charge on any atom is 0.0508 e. The highest BCUT2D eigenvalue weighted by molar-refractivity contribution is 6.00. The molecule has 4 nitrogen and oxygen atoms in total. The lowest BCUT2D eigenvalue weighted by Crippen LogP contribution is -2.21. The Hall–Kier alpha value is -1.81. The summed E-state index contributed by atoms with van der Waals surface area (Å²) < 4.78 is 5.26. The van der Waals surface area contributed by atoms with Crippen LogP contribution >= 0.6 is 0 Å². The van der Waals surface area contributed by atoms with E-state index < -0.39 is 0 Å². The third-order valence-corrected chi connectivity index (χ3v) is 3.86. The molecule has 0 saturated carbocycles. The molecule has 1 aliphatic heterocycles. The number of fused-ring (bicyclic) bond motifs is 1. The van der Waals surface area contributed by atoms with E-state index in [4.69, 9.17) is 10.5 Å². The first-order chi connectivity index (χ1) is 9.29. The molecule has 3 rings (SSSR count). The number of nitrogens with two attached hydrogens (primary N) is 1. The number of hydrogen-bond acceptors (Lipinski definition) is 4. The van der Waals surface area contributed by atoms with Crippen LogP contribution in [0.4, 0.5) is 11.4 Å². The number of nitrogen functional groups attached to an aromatic ring is 1. The molecule has 2 aromatic rings. The Morgan fingerprint density at radius 3 is 3.11 bits per heavy atom. The van der Waals surface area contributed by atoms with Crippen molar-refractivity contribution >= 4 is 22.1 Å². The van der Waals surface area contributed by atoms with Crippen LogP contribution in [0.15, 0.2) is 30.6 Å². The molecule has 0 bridgehead atoms. The fourth-order valence-corrected chi connectivity index (χ4v) is 2.90. The molecule has 2 heterocycles. The van der Waals surface area contributed by atoms with Gasteiger partial charge in [0.15, 0.2) is 0 Å². The smallest absolute Gasteiger partial charge is 0.0508 e. The molecule has 2 N–H and O–H groups in total. The number of aromatic nitrogens is 1. The van der Waals surface area contributed by atoms with Gasteiger partial charge in [-0.15, -0.1) is 0 Å². The van der Waals surface area contributed by atoms with Gasteiger partial charge >= 0.3 is 0 Å². The summed E-state index contributed by atoms with van der Waals surface area (Å²) in [5.74, 6) is 0.620. The minimum atomic E-state index is 0.620. The fraction of sp³-hybridized carbons (Fsp3) is 0.400. The van der Waals surface area contributed by atoms with Crippen molar-refractivity contribution in [1.82, 2.24) is 4.98 Å². The van der Waals surface area contributed by atoms with E-state index in [1.807, 2.05) is 18.3 Å². The monoisotopic (exact) mass is 257 g/mol. The van der Waals surface area contributed by atoms with Crippen molar-refractivity contribution in [1.29, 1.82) is 0 Å². The standard InChI is InChI=1S/C15H19N3O/c1-19-10-11-5-7-18(9-11)15-3-2-14(16)12-4-6-17-8-13(12)15/h2-4,6,8,11H,5,7,9-10,16H2,1H3. The van der Waals surface area contributed by atoms with Gasteiger partial charge < -0.3 is 15.4 Å². The van der Waals surface area contributed by atoms with Crippen LogP contribution in [-0.4, -0.2) is 31.8 Å². The fourth-order valence-electron chi connectivity index (χ4n) is 2.90. The second-order valence-corrected chi connectivity index (χ2v) is 5.15. The van der Waals surface area contributed by atoms with Crippen molar-refractivity contribution in [2.45, 2.75) is 6.42 Å². The van der Waals surface area contributed by atoms with E-state index in [0.717, 1.165) is 36.2 Å². The first-order valence-electron chi connectivity index (χ1n) is 6.65. The quantitative estimate of drug-likeness (QED) is 0.857. The van der Waals surface area contributed by atoms with Crippen LogP contribution in [0, 0.1) is 5.92 Å². The van der Waals surface area contributed by atoms with Crippen molar-refractivity contribution in [3.63, 3.8) is 0 Å². The molecule has 0 spiro atoms. The third-order valence-electron chi connectivity index (χ3n) is 3.86. The minimum absolute atomic E-state index is 0.620. The van der Waals surface area contributed by atoms with E-state index in [1.165, 1.54) is 12.1 Å². The van der Waals surface area contributed by atoms with Gasteiger partial charge in [0.25, 0.3) is 0 Å². The van der Waals surface area contributed by atoms with Gasteiger partial charge in [0.05, 0.1) is 6.61 Å². The van der Waals surface area contributed by atoms with Crippen molar-refractivity contribution in [3.05, 3.63) is 30.6 Å². The van der Waals surface area contributed by atoms with Gasteiger partial charge in [-0.1, -0.05) is 0 Å². The van der Waals surface area contributed by atoms with E-state index in [0.29, 0.717) is 5.92 Å². The number of rotatable bonds is 3. The molecule has 1 fully saturated rings. The average molecular weight is 257 g/mol. The lowest BCUT2D eigenvalue weighted by molar-refractivity contribution is 0.161. The summed E-state index contributed by atoms with van der Waals surface area (Å²) in [5, 5.41) is 2.23. The van der Waals surface area contributed by atoms with Crippen LogP contribution in [0.3, 0.4) is 0 Å². The number of benzene rings is 1. The van der Waals surface area contributed by atoms with Gasteiger partial charge in [0, 0.05) is 60.7 Å². The summed E-state index contributed by atoms with van der Waals surface area (Å²) in [5.41, 5.74) is 8.08. The maximum atomic E-state index is 6.03. The van der Waals surface area contributed by atoms with Crippen LogP contribution in [0.1, 0.15) is 6.42 Å². The highest BCUT2D eigenvalue weighted by Crippen LogP contribution is 2.33. The van der Waals surface area contributed by atoms with Crippen LogP contribution < -0.4 is 10.6 Å². The van der Waals surface area contributed by atoms with E-state index >= 15 is 0 Å². The van der Waals surface area contributed by atoms with Gasteiger partial charge in [-0.2, -0.15) is 0 Å². The Bertz CT molecular complexity index is 585. The largest absolute Gasteiger partial charge is 0.398 e. The van der Waals surface area contributed by atoms with Gasteiger partial charge in [-0.3, -0.25) is 4.98 Å². The van der Waals surface area contributed by atoms with Crippen molar-refractivity contribution in [3.8, 4) is 0 Å². The Labute approximate surface area is 113 Å². The summed E-state index contributed by atoms with van der Waals surface area (Å²) >= 11 is 0. The van der Waals surface area contributed by atoms with Gasteiger partial charge in [-0.25, -0.2) is 0 Å². The van der Waals surface area contributed by atoms with Crippen LogP contribution in [-0.2, 0) is 4.74 Å². The third kappa shape index (κ3) is 2.24. The second-order valence-electron chi connectivity index (χ2n) is 5.15. The summed E-state index contributed by atoms with van der Waals surface area (Å²) in [6, 6.07) is 6.08. The molecule has 1 atom stereocenters. The summed E-state index contributed by atoms with van der Waals surface area (Å²) in [4.78, 5) is 6.64. The minimum Gasteiger partial charge on any atom is -0.398 e. The highest BCUT2D eigenvalue weighted by Gasteiger charge is 2.23. The van der Waals surface area contributed by atoms with Crippen molar-refractivity contribution in [2.75, 3.05) is 37.4 Å². The molecular formula is C15H19N3O. The molecule has 19 heavy (non-hydrogen) atoms. The first-order valence-corrected chi connectivity index (χ1v) is 6.65. The Morgan fingerprint density at radius 1 is 1.37 bits per heavy atom. The van der Waals surface area contributed by atoms with E-state index in [9.17, 15) is 0 Å². The molecule has 1 saturated heterocycles. The lowest BCUT2D eigenvalue weighted by atomic mass is 10.1. The number of anilines is 2. The highest BCUT2D eigenvalue weighted by atomic mass is 16.5. The normalized spacial score (nSPS) is 19.2. The van der Waals surface area contributed by atoms with Gasteiger partial charge in [0.2, 0.25) is 0 Å². The predicted molar refractivity (Wildman–Crippen MR) is 78.4 cm³/mol. The zero-order valence-corrected chi connectivity index (χ0v) is 11.2. The van der Waals surface area contributed by atoms with E-state index in [2.05, 4.69) is 16.0 Å². The topological polar surface area (TPSA) is 51.4 Å². The number of methoxy groups -OCH3 is 1. The molecule has 0 radical (unpaired) electrons. The molecule has 0 aliphatic carbocycles. The zero-order chi connectivity index (χ0) is 13.2. The van der Waals surface area contributed by atoms with Gasteiger partial charge in [0.1, 0.15) is 0 Å². The molecule has 1 aromatic carbocycles. The van der Waals surface area contributed by atoms with Gasteiger partial charge in [-0.05, 0) is 24.6 Å². The maximum absolute atomic E-state index is 6.03.